The molecule has 1 aromatic rings. The van der Waals surface area contributed by atoms with Crippen LogP contribution in [0, 0.1) is 17.0 Å². The van der Waals surface area contributed by atoms with Crippen LogP contribution in [0.5, 0.6) is 0 Å². The molecule has 0 nitrogen and oxygen atoms in total. The Morgan fingerprint density at radius 2 is 1.75 bits per heavy atom. The van der Waals surface area contributed by atoms with Gasteiger partial charge in [0, 0.05) is 11.5 Å². The van der Waals surface area contributed by atoms with E-state index in [9.17, 15) is 8.78 Å². The second kappa shape index (κ2) is 3.54. The van der Waals surface area contributed by atoms with Crippen molar-refractivity contribution in [1.29, 1.82) is 0 Å². The van der Waals surface area contributed by atoms with E-state index in [1.54, 1.807) is 6.07 Å². The fourth-order valence-corrected chi connectivity index (χ4v) is 2.83. The summed E-state index contributed by atoms with van der Waals surface area (Å²) >= 11 is 0. The Kier molecular flexibility index (Phi) is 2.56. The summed E-state index contributed by atoms with van der Waals surface area (Å²) in [5, 5.41) is 0. The van der Waals surface area contributed by atoms with Crippen molar-refractivity contribution in [2.45, 2.75) is 45.4 Å². The van der Waals surface area contributed by atoms with Crippen molar-refractivity contribution in [3.8, 4) is 0 Å². The van der Waals surface area contributed by atoms with Crippen LogP contribution in [0.15, 0.2) is 18.2 Å². The predicted octanol–water partition coefficient (Wildman–Crippen LogP) is 4.43. The number of rotatable bonds is 1. The van der Waals surface area contributed by atoms with Crippen LogP contribution in [0.2, 0.25) is 0 Å². The normalized spacial score (nSPS) is 19.3. The molecule has 0 radical (unpaired) electrons. The molecule has 0 atom stereocenters. The average molecular weight is 224 g/mol. The maximum absolute atomic E-state index is 13.9. The Bertz CT molecular complexity index is 398. The summed E-state index contributed by atoms with van der Waals surface area (Å²) in [5.74, 6) is -0.890. The van der Waals surface area contributed by atoms with Crippen molar-refractivity contribution in [1.82, 2.24) is 0 Å². The fourth-order valence-electron chi connectivity index (χ4n) is 2.83. The third kappa shape index (κ3) is 1.55. The zero-order chi connectivity index (χ0) is 12.0. The first-order chi connectivity index (χ1) is 7.37. The van der Waals surface area contributed by atoms with Gasteiger partial charge in [0.1, 0.15) is 11.6 Å². The lowest BCUT2D eigenvalue weighted by Gasteiger charge is -2.52. The van der Waals surface area contributed by atoms with E-state index < -0.39 is 11.6 Å². The highest BCUT2D eigenvalue weighted by atomic mass is 19.1. The van der Waals surface area contributed by atoms with Crippen molar-refractivity contribution in [2.75, 3.05) is 0 Å². The summed E-state index contributed by atoms with van der Waals surface area (Å²) in [6, 6.07) is 3.99. The summed E-state index contributed by atoms with van der Waals surface area (Å²) in [5.41, 5.74) is 0.599. The highest BCUT2D eigenvalue weighted by Crippen LogP contribution is 2.55. The molecule has 0 unspecified atom stereocenters. The molecule has 0 saturated heterocycles. The molecular weight excluding hydrogens is 206 g/mol. The van der Waals surface area contributed by atoms with E-state index in [0.717, 1.165) is 25.3 Å². The van der Waals surface area contributed by atoms with E-state index in [2.05, 4.69) is 20.8 Å². The van der Waals surface area contributed by atoms with Crippen LogP contribution in [0.3, 0.4) is 0 Å². The minimum atomic E-state index is -0.496. The van der Waals surface area contributed by atoms with E-state index in [4.69, 9.17) is 0 Å². The number of hydrogen-bond donors (Lipinski definition) is 0. The lowest BCUT2D eigenvalue weighted by molar-refractivity contribution is 0.0810. The number of hydrogen-bond acceptors (Lipinski definition) is 0. The Labute approximate surface area is 95.7 Å². The van der Waals surface area contributed by atoms with E-state index in [0.29, 0.717) is 5.56 Å². The molecule has 1 aromatic carbocycles. The van der Waals surface area contributed by atoms with Crippen molar-refractivity contribution in [2.24, 2.45) is 5.41 Å². The smallest absolute Gasteiger partial charge is 0.129 e. The summed E-state index contributed by atoms with van der Waals surface area (Å²) in [6.07, 6.45) is 3.13. The van der Waals surface area contributed by atoms with Gasteiger partial charge in [-0.05, 0) is 29.9 Å². The van der Waals surface area contributed by atoms with Crippen LogP contribution in [0.1, 0.15) is 45.6 Å². The second-order valence-corrected chi connectivity index (χ2v) is 5.81. The van der Waals surface area contributed by atoms with E-state index in [-0.39, 0.29) is 10.8 Å². The van der Waals surface area contributed by atoms with Crippen molar-refractivity contribution < 1.29 is 8.78 Å². The molecular formula is C14H18F2. The van der Waals surface area contributed by atoms with Crippen LogP contribution in [-0.4, -0.2) is 0 Å². The van der Waals surface area contributed by atoms with Crippen LogP contribution >= 0.6 is 0 Å². The third-order valence-electron chi connectivity index (χ3n) is 4.09. The number of halogens is 2. The van der Waals surface area contributed by atoms with Crippen LogP contribution in [0.25, 0.3) is 0 Å². The van der Waals surface area contributed by atoms with E-state index in [1.165, 1.54) is 6.07 Å². The van der Waals surface area contributed by atoms with Gasteiger partial charge in [0.15, 0.2) is 0 Å². The van der Waals surface area contributed by atoms with Gasteiger partial charge in [0.2, 0.25) is 0 Å². The van der Waals surface area contributed by atoms with Gasteiger partial charge >= 0.3 is 0 Å². The molecule has 1 saturated carbocycles. The summed E-state index contributed by atoms with van der Waals surface area (Å²) in [7, 11) is 0. The molecule has 16 heavy (non-hydrogen) atoms. The van der Waals surface area contributed by atoms with Crippen molar-refractivity contribution >= 4 is 0 Å². The molecule has 0 aromatic heterocycles. The minimum absolute atomic E-state index is 0.0178. The first-order valence-corrected chi connectivity index (χ1v) is 5.82. The van der Waals surface area contributed by atoms with E-state index in [1.807, 2.05) is 0 Å². The summed E-state index contributed by atoms with van der Waals surface area (Å²) < 4.78 is 26.8. The zero-order valence-electron chi connectivity index (χ0n) is 10.1. The molecule has 1 aliphatic rings. The topological polar surface area (TPSA) is 0 Å². The van der Waals surface area contributed by atoms with Crippen LogP contribution < -0.4 is 0 Å². The monoisotopic (exact) mass is 224 g/mol. The molecule has 2 rings (SSSR count). The minimum Gasteiger partial charge on any atom is -0.207 e. The fraction of sp³-hybridized carbons (Fsp3) is 0.571. The zero-order valence-corrected chi connectivity index (χ0v) is 10.1. The molecule has 0 amide bonds. The van der Waals surface area contributed by atoms with Crippen LogP contribution in [0.4, 0.5) is 8.78 Å². The van der Waals surface area contributed by atoms with Crippen molar-refractivity contribution in [3.05, 3.63) is 35.4 Å². The molecule has 0 N–H and O–H groups in total. The Balaban J connectivity index is 2.49. The van der Waals surface area contributed by atoms with Gasteiger partial charge in [0.25, 0.3) is 0 Å². The maximum atomic E-state index is 13.9. The van der Waals surface area contributed by atoms with Gasteiger partial charge < -0.3 is 0 Å². The maximum Gasteiger partial charge on any atom is 0.129 e. The first-order valence-electron chi connectivity index (χ1n) is 5.82. The Hall–Kier alpha value is -0.920. The lowest BCUT2D eigenvalue weighted by Crippen LogP contribution is -2.46. The quantitative estimate of drug-likeness (QED) is 0.662. The molecule has 0 heterocycles. The second-order valence-electron chi connectivity index (χ2n) is 5.81. The lowest BCUT2D eigenvalue weighted by atomic mass is 9.52. The molecule has 0 bridgehead atoms. The van der Waals surface area contributed by atoms with Crippen molar-refractivity contribution in [3.63, 3.8) is 0 Å². The van der Waals surface area contributed by atoms with Gasteiger partial charge in [-0.1, -0.05) is 33.3 Å². The third-order valence-corrected chi connectivity index (χ3v) is 4.09. The standard InChI is InChI=1S/C14H18F2/c1-13(2,3)14(7-4-8-14)11-6-5-10(15)9-12(11)16/h5-6,9H,4,7-8H2,1-3H3. The van der Waals surface area contributed by atoms with Gasteiger partial charge in [-0.25, -0.2) is 8.78 Å². The van der Waals surface area contributed by atoms with Gasteiger partial charge in [-0.15, -0.1) is 0 Å². The van der Waals surface area contributed by atoms with Gasteiger partial charge in [0.05, 0.1) is 0 Å². The molecule has 1 fully saturated rings. The molecule has 1 aliphatic carbocycles. The van der Waals surface area contributed by atoms with Gasteiger partial charge in [-0.3, -0.25) is 0 Å². The highest BCUT2D eigenvalue weighted by molar-refractivity contribution is 5.32. The molecule has 0 spiro atoms. The first kappa shape index (κ1) is 11.6. The number of benzene rings is 1. The van der Waals surface area contributed by atoms with Crippen LogP contribution in [-0.2, 0) is 5.41 Å². The summed E-state index contributed by atoms with van der Waals surface area (Å²) in [4.78, 5) is 0. The SMILES string of the molecule is CC(C)(C)C1(c2ccc(F)cc2F)CCC1. The Morgan fingerprint density at radius 3 is 2.12 bits per heavy atom. The molecule has 88 valence electrons. The van der Waals surface area contributed by atoms with E-state index >= 15 is 0 Å². The predicted molar refractivity (Wildman–Crippen MR) is 61.3 cm³/mol. The average Bonchev–Trinajstić information content (AvgIpc) is 2.04. The van der Waals surface area contributed by atoms with Gasteiger partial charge in [-0.2, -0.15) is 0 Å². The molecule has 0 aliphatic heterocycles. The Morgan fingerprint density at radius 1 is 1.12 bits per heavy atom. The highest BCUT2D eigenvalue weighted by Gasteiger charge is 2.49. The largest absolute Gasteiger partial charge is 0.207 e. The summed E-state index contributed by atoms with van der Waals surface area (Å²) in [6.45, 7) is 6.40. The molecule has 2 heteroatoms.